The summed E-state index contributed by atoms with van der Waals surface area (Å²) in [5.41, 5.74) is 2.69. The highest BCUT2D eigenvalue weighted by molar-refractivity contribution is 6.26. The van der Waals surface area contributed by atoms with Crippen LogP contribution in [0.1, 0.15) is 33.2 Å². The number of rotatable bonds is 2. The first-order chi connectivity index (χ1) is 10.1. The number of benzene rings is 2. The molecule has 0 fully saturated rings. The van der Waals surface area contributed by atoms with E-state index in [0.717, 1.165) is 5.56 Å². The second-order valence-electron chi connectivity index (χ2n) is 5.11. The normalized spacial score (nSPS) is 14.4. The molecule has 0 spiro atoms. The first-order valence-corrected chi connectivity index (χ1v) is 6.70. The molecule has 0 aromatic heterocycles. The monoisotopic (exact) mass is 280 g/mol. The van der Waals surface area contributed by atoms with E-state index in [1.165, 1.54) is 12.1 Å². The molecule has 2 aromatic carbocycles. The predicted octanol–water partition coefficient (Wildman–Crippen LogP) is 3.76. The molecule has 0 atom stereocenters. The molecule has 2 aromatic rings. The van der Waals surface area contributed by atoms with Gasteiger partial charge in [0, 0.05) is 28.7 Å². The van der Waals surface area contributed by atoms with Gasteiger partial charge in [0.05, 0.1) is 0 Å². The Hall–Kier alpha value is -2.55. The molecular formula is C18H13FO2. The minimum Gasteiger partial charge on any atom is -0.289 e. The molecule has 0 radical (unpaired) electrons. The number of allylic oxidation sites excluding steroid dienone is 2. The number of carbonyl (C=O) groups is 2. The minimum absolute atomic E-state index is 0.109. The van der Waals surface area contributed by atoms with Gasteiger partial charge in [0.25, 0.3) is 0 Å². The number of hydrogen-bond acceptors (Lipinski definition) is 2. The van der Waals surface area contributed by atoms with Crippen LogP contribution in [0.5, 0.6) is 0 Å². The first kappa shape index (κ1) is 13.4. The van der Waals surface area contributed by atoms with Gasteiger partial charge in [-0.15, -0.1) is 0 Å². The van der Waals surface area contributed by atoms with Crippen LogP contribution in [0, 0.1) is 5.82 Å². The van der Waals surface area contributed by atoms with E-state index in [1.807, 2.05) is 0 Å². The Morgan fingerprint density at radius 3 is 2.05 bits per heavy atom. The third kappa shape index (κ3) is 2.31. The molecule has 3 rings (SSSR count). The molecule has 0 heterocycles. The van der Waals surface area contributed by atoms with Crippen LogP contribution in [0.3, 0.4) is 0 Å². The maximum Gasteiger partial charge on any atom is 0.190 e. The maximum absolute atomic E-state index is 12.9. The van der Waals surface area contributed by atoms with Crippen molar-refractivity contribution in [2.24, 2.45) is 0 Å². The summed E-state index contributed by atoms with van der Waals surface area (Å²) >= 11 is 0. The van der Waals surface area contributed by atoms with Gasteiger partial charge >= 0.3 is 0 Å². The lowest BCUT2D eigenvalue weighted by atomic mass is 9.82. The van der Waals surface area contributed by atoms with Crippen LogP contribution in [0.15, 0.2) is 59.7 Å². The molecule has 1 aliphatic carbocycles. The molecule has 1 aliphatic rings. The van der Waals surface area contributed by atoms with E-state index < -0.39 is 0 Å². The van der Waals surface area contributed by atoms with Crippen LogP contribution in [-0.2, 0) is 6.42 Å². The third-order valence-electron chi connectivity index (χ3n) is 3.78. The van der Waals surface area contributed by atoms with Gasteiger partial charge in [-0.1, -0.05) is 36.4 Å². The van der Waals surface area contributed by atoms with Crippen molar-refractivity contribution in [2.45, 2.75) is 13.3 Å². The molecule has 104 valence electrons. The lowest BCUT2D eigenvalue weighted by molar-refractivity contribution is 0.0973. The SMILES string of the molecule is CC1=C(Cc2ccc(F)cc2)C(=O)c2ccccc2C1=O. The fourth-order valence-corrected chi connectivity index (χ4v) is 2.57. The van der Waals surface area contributed by atoms with Crippen molar-refractivity contribution in [3.63, 3.8) is 0 Å². The minimum atomic E-state index is -0.319. The van der Waals surface area contributed by atoms with Crippen LogP contribution in [-0.4, -0.2) is 11.6 Å². The zero-order valence-corrected chi connectivity index (χ0v) is 11.5. The molecule has 21 heavy (non-hydrogen) atoms. The Kier molecular flexibility index (Phi) is 3.26. The van der Waals surface area contributed by atoms with E-state index in [9.17, 15) is 14.0 Å². The van der Waals surface area contributed by atoms with E-state index in [-0.39, 0.29) is 17.4 Å². The van der Waals surface area contributed by atoms with Gasteiger partial charge in [-0.3, -0.25) is 9.59 Å². The smallest absolute Gasteiger partial charge is 0.190 e. The molecule has 2 nitrogen and oxygen atoms in total. The van der Waals surface area contributed by atoms with E-state index >= 15 is 0 Å². The standard InChI is InChI=1S/C18H13FO2/c1-11-16(10-12-6-8-13(19)9-7-12)18(21)15-5-3-2-4-14(15)17(11)20/h2-9H,10H2,1H3. The van der Waals surface area contributed by atoms with Crippen molar-refractivity contribution in [3.8, 4) is 0 Å². The quantitative estimate of drug-likeness (QED) is 0.839. The maximum atomic E-state index is 12.9. The summed E-state index contributed by atoms with van der Waals surface area (Å²) in [5.74, 6) is -0.546. The topological polar surface area (TPSA) is 34.1 Å². The zero-order valence-electron chi connectivity index (χ0n) is 11.5. The van der Waals surface area contributed by atoms with Crippen LogP contribution in [0.25, 0.3) is 0 Å². The van der Waals surface area contributed by atoms with Crippen LogP contribution >= 0.6 is 0 Å². The highest BCUT2D eigenvalue weighted by atomic mass is 19.1. The molecule has 0 bridgehead atoms. The van der Waals surface area contributed by atoms with Gasteiger partial charge in [-0.05, 0) is 24.6 Å². The highest BCUT2D eigenvalue weighted by Gasteiger charge is 2.29. The molecular weight excluding hydrogens is 267 g/mol. The van der Waals surface area contributed by atoms with Gasteiger partial charge in [-0.2, -0.15) is 0 Å². The summed E-state index contributed by atoms with van der Waals surface area (Å²) in [6.07, 6.45) is 0.338. The van der Waals surface area contributed by atoms with Crippen molar-refractivity contribution in [3.05, 3.63) is 82.2 Å². The van der Waals surface area contributed by atoms with E-state index in [4.69, 9.17) is 0 Å². The third-order valence-corrected chi connectivity index (χ3v) is 3.78. The second kappa shape index (κ2) is 5.09. The largest absolute Gasteiger partial charge is 0.289 e. The zero-order chi connectivity index (χ0) is 15.0. The molecule has 0 saturated heterocycles. The van der Waals surface area contributed by atoms with Gasteiger partial charge in [0.15, 0.2) is 11.6 Å². The Morgan fingerprint density at radius 1 is 0.857 bits per heavy atom. The lowest BCUT2D eigenvalue weighted by Crippen LogP contribution is -2.22. The Morgan fingerprint density at radius 2 is 1.43 bits per heavy atom. The van der Waals surface area contributed by atoms with Crippen molar-refractivity contribution in [1.29, 1.82) is 0 Å². The number of ketones is 2. The molecule has 0 N–H and O–H groups in total. The van der Waals surface area contributed by atoms with Crippen molar-refractivity contribution in [2.75, 3.05) is 0 Å². The van der Waals surface area contributed by atoms with Crippen molar-refractivity contribution >= 4 is 11.6 Å². The van der Waals surface area contributed by atoms with Crippen LogP contribution < -0.4 is 0 Å². The molecule has 3 heteroatoms. The van der Waals surface area contributed by atoms with E-state index in [2.05, 4.69) is 0 Å². The number of halogens is 1. The number of fused-ring (bicyclic) bond motifs is 1. The summed E-state index contributed by atoms with van der Waals surface area (Å²) in [6, 6.07) is 12.8. The summed E-state index contributed by atoms with van der Waals surface area (Å²) in [5, 5.41) is 0. The summed E-state index contributed by atoms with van der Waals surface area (Å²) in [6.45, 7) is 1.68. The molecule has 0 unspecified atom stereocenters. The van der Waals surface area contributed by atoms with Gasteiger partial charge in [-0.25, -0.2) is 4.39 Å². The Balaban J connectivity index is 2.02. The van der Waals surface area contributed by atoms with Crippen molar-refractivity contribution in [1.82, 2.24) is 0 Å². The number of Topliss-reactive ketones (excluding diaryl/α,β-unsaturated/α-hetero) is 2. The Bertz CT molecular complexity index is 770. The van der Waals surface area contributed by atoms with Crippen LogP contribution in [0.2, 0.25) is 0 Å². The van der Waals surface area contributed by atoms with Crippen LogP contribution in [0.4, 0.5) is 4.39 Å². The van der Waals surface area contributed by atoms with E-state index in [1.54, 1.807) is 43.3 Å². The van der Waals surface area contributed by atoms with Gasteiger partial charge in [0.2, 0.25) is 0 Å². The Labute approximate surface area is 121 Å². The highest BCUT2D eigenvalue weighted by Crippen LogP contribution is 2.28. The summed E-state index contributed by atoms with van der Waals surface area (Å²) < 4.78 is 12.9. The van der Waals surface area contributed by atoms with Gasteiger partial charge < -0.3 is 0 Å². The predicted molar refractivity (Wildman–Crippen MR) is 77.9 cm³/mol. The number of hydrogen-bond donors (Lipinski definition) is 0. The fraction of sp³-hybridized carbons (Fsp3) is 0.111. The number of carbonyl (C=O) groups excluding carboxylic acids is 2. The first-order valence-electron chi connectivity index (χ1n) is 6.70. The average Bonchev–Trinajstić information content (AvgIpc) is 2.51. The molecule has 0 aliphatic heterocycles. The fourth-order valence-electron chi connectivity index (χ4n) is 2.57. The molecule has 0 amide bonds. The van der Waals surface area contributed by atoms with Gasteiger partial charge in [0.1, 0.15) is 5.82 Å². The average molecular weight is 280 g/mol. The summed E-state index contributed by atoms with van der Waals surface area (Å²) in [4.78, 5) is 24.9. The second-order valence-corrected chi connectivity index (χ2v) is 5.11. The summed E-state index contributed by atoms with van der Waals surface area (Å²) in [7, 11) is 0. The molecule has 0 saturated carbocycles. The lowest BCUT2D eigenvalue weighted by Gasteiger charge is -2.19. The van der Waals surface area contributed by atoms with E-state index in [0.29, 0.717) is 28.7 Å². The van der Waals surface area contributed by atoms with Crippen molar-refractivity contribution < 1.29 is 14.0 Å².